The Hall–Kier alpha value is -2.55. The third kappa shape index (κ3) is 6.25. The van der Waals surface area contributed by atoms with Gasteiger partial charge in [0, 0.05) is 5.02 Å². The normalized spacial score (nSPS) is 12.8. The molecule has 7 nitrogen and oxygen atoms in total. The number of benzene rings is 2. The molecule has 3 aromatic rings. The fourth-order valence-corrected chi connectivity index (χ4v) is 4.03. The fraction of sp³-hybridized carbons (Fsp3) is 0.273. The number of nitrogens with zero attached hydrogens (tertiary/aromatic N) is 3. The minimum atomic E-state index is -0.696. The average molecular weight is 492 g/mol. The van der Waals surface area contributed by atoms with Gasteiger partial charge in [0.25, 0.3) is 5.91 Å². The standard InChI is InChI=1S/C22H23Cl2N5O2S/c1-14(15-3-6-17(7-4-15)29-13-25-12-26-29)27-22(31)20(9-10-32-2)28-21(30)18-8-5-16(23)11-19(18)24/h3-8,11-14,20H,9-10H2,1-2H3,(H,27,31)(H,28,30). The Morgan fingerprint density at radius 1 is 1.12 bits per heavy atom. The number of hydrogen-bond donors (Lipinski definition) is 2. The van der Waals surface area contributed by atoms with Gasteiger partial charge in [-0.15, -0.1) is 0 Å². The molecule has 0 saturated heterocycles. The summed E-state index contributed by atoms with van der Waals surface area (Å²) >= 11 is 13.7. The molecule has 0 bridgehead atoms. The Kier molecular flexibility index (Phi) is 8.55. The quantitative estimate of drug-likeness (QED) is 0.465. The Labute approximate surface area is 200 Å². The molecule has 2 amide bonds. The van der Waals surface area contributed by atoms with E-state index in [-0.39, 0.29) is 22.5 Å². The molecule has 0 fully saturated rings. The van der Waals surface area contributed by atoms with E-state index in [1.807, 2.05) is 37.4 Å². The van der Waals surface area contributed by atoms with Gasteiger partial charge < -0.3 is 10.6 Å². The van der Waals surface area contributed by atoms with Crippen molar-refractivity contribution in [2.75, 3.05) is 12.0 Å². The van der Waals surface area contributed by atoms with E-state index in [0.717, 1.165) is 11.3 Å². The highest BCUT2D eigenvalue weighted by atomic mass is 35.5. The van der Waals surface area contributed by atoms with Crippen LogP contribution in [0.2, 0.25) is 10.0 Å². The number of carbonyl (C=O) groups excluding carboxylic acids is 2. The Morgan fingerprint density at radius 3 is 2.50 bits per heavy atom. The molecule has 3 rings (SSSR count). The van der Waals surface area contributed by atoms with Crippen LogP contribution in [0.5, 0.6) is 0 Å². The highest BCUT2D eigenvalue weighted by molar-refractivity contribution is 7.98. The zero-order chi connectivity index (χ0) is 23.1. The molecule has 168 valence electrons. The second-order valence-electron chi connectivity index (χ2n) is 7.09. The summed E-state index contributed by atoms with van der Waals surface area (Å²) in [5, 5.41) is 10.6. The van der Waals surface area contributed by atoms with Crippen molar-refractivity contribution in [1.29, 1.82) is 0 Å². The maximum Gasteiger partial charge on any atom is 0.253 e. The first-order chi connectivity index (χ1) is 15.4. The summed E-state index contributed by atoms with van der Waals surface area (Å²) in [6.45, 7) is 1.89. The smallest absolute Gasteiger partial charge is 0.253 e. The van der Waals surface area contributed by atoms with Gasteiger partial charge in [0.05, 0.1) is 22.3 Å². The van der Waals surface area contributed by atoms with Crippen LogP contribution < -0.4 is 10.6 Å². The molecule has 10 heteroatoms. The SMILES string of the molecule is CSCCC(NC(=O)c1ccc(Cl)cc1Cl)C(=O)NC(C)c1ccc(-n2cncn2)cc1. The predicted molar refractivity (Wildman–Crippen MR) is 129 cm³/mol. The average Bonchev–Trinajstić information content (AvgIpc) is 3.31. The van der Waals surface area contributed by atoms with Crippen LogP contribution in [0.1, 0.15) is 35.3 Å². The third-order valence-corrected chi connectivity index (χ3v) is 6.04. The summed E-state index contributed by atoms with van der Waals surface area (Å²) in [5.41, 5.74) is 2.07. The highest BCUT2D eigenvalue weighted by Gasteiger charge is 2.24. The minimum absolute atomic E-state index is 0.236. The largest absolute Gasteiger partial charge is 0.348 e. The van der Waals surface area contributed by atoms with Crippen molar-refractivity contribution in [2.24, 2.45) is 0 Å². The Bertz CT molecular complexity index is 1060. The van der Waals surface area contributed by atoms with Crippen molar-refractivity contribution < 1.29 is 9.59 Å². The summed E-state index contributed by atoms with van der Waals surface area (Å²) in [7, 11) is 0. The molecule has 0 spiro atoms. The summed E-state index contributed by atoms with van der Waals surface area (Å²) in [6, 6.07) is 11.3. The van der Waals surface area contributed by atoms with Crippen LogP contribution in [-0.2, 0) is 4.79 Å². The van der Waals surface area contributed by atoms with Gasteiger partial charge in [0.15, 0.2) is 0 Å². The van der Waals surface area contributed by atoms with E-state index in [2.05, 4.69) is 20.7 Å². The van der Waals surface area contributed by atoms with Crippen LogP contribution in [-0.4, -0.2) is 44.6 Å². The van der Waals surface area contributed by atoms with Crippen molar-refractivity contribution in [2.45, 2.75) is 25.4 Å². The van der Waals surface area contributed by atoms with Crippen LogP contribution in [0.15, 0.2) is 55.1 Å². The van der Waals surface area contributed by atoms with E-state index in [0.29, 0.717) is 17.2 Å². The van der Waals surface area contributed by atoms with Gasteiger partial charge in [0.1, 0.15) is 18.7 Å². The molecule has 0 radical (unpaired) electrons. The zero-order valence-electron chi connectivity index (χ0n) is 17.6. The fourth-order valence-electron chi connectivity index (χ4n) is 3.07. The van der Waals surface area contributed by atoms with Gasteiger partial charge in [-0.05, 0) is 61.2 Å². The first-order valence-electron chi connectivity index (χ1n) is 9.89. The second kappa shape index (κ2) is 11.4. The van der Waals surface area contributed by atoms with Crippen molar-refractivity contribution in [3.8, 4) is 5.69 Å². The van der Waals surface area contributed by atoms with Gasteiger partial charge in [0.2, 0.25) is 5.91 Å². The lowest BCUT2D eigenvalue weighted by Gasteiger charge is -2.22. The number of amides is 2. The topological polar surface area (TPSA) is 88.9 Å². The first kappa shape index (κ1) is 24.1. The minimum Gasteiger partial charge on any atom is -0.348 e. The van der Waals surface area contributed by atoms with Crippen molar-refractivity contribution >= 4 is 46.8 Å². The lowest BCUT2D eigenvalue weighted by molar-refractivity contribution is -0.123. The number of nitrogens with one attached hydrogen (secondary N) is 2. The number of aromatic nitrogens is 3. The number of thioether (sulfide) groups is 1. The Morgan fingerprint density at radius 2 is 1.88 bits per heavy atom. The van der Waals surface area contributed by atoms with Gasteiger partial charge in [-0.2, -0.15) is 16.9 Å². The van der Waals surface area contributed by atoms with E-state index >= 15 is 0 Å². The van der Waals surface area contributed by atoms with E-state index < -0.39 is 11.9 Å². The van der Waals surface area contributed by atoms with Crippen molar-refractivity contribution in [3.63, 3.8) is 0 Å². The molecule has 32 heavy (non-hydrogen) atoms. The lowest BCUT2D eigenvalue weighted by atomic mass is 10.1. The number of carbonyl (C=O) groups is 2. The molecule has 2 N–H and O–H groups in total. The zero-order valence-corrected chi connectivity index (χ0v) is 19.9. The summed E-state index contributed by atoms with van der Waals surface area (Å²) in [4.78, 5) is 29.6. The van der Waals surface area contributed by atoms with E-state index in [1.165, 1.54) is 12.4 Å². The third-order valence-electron chi connectivity index (χ3n) is 4.84. The molecule has 1 aromatic heterocycles. The molecule has 2 atom stereocenters. The summed E-state index contributed by atoms with van der Waals surface area (Å²) in [5.74, 6) is 0.0383. The number of hydrogen-bond acceptors (Lipinski definition) is 5. The molecular formula is C22H23Cl2N5O2S. The van der Waals surface area contributed by atoms with Gasteiger partial charge in [-0.3, -0.25) is 9.59 Å². The molecule has 0 saturated carbocycles. The number of rotatable bonds is 9. The highest BCUT2D eigenvalue weighted by Crippen LogP contribution is 2.21. The Balaban J connectivity index is 1.67. The lowest BCUT2D eigenvalue weighted by Crippen LogP contribution is -2.47. The molecule has 0 aliphatic heterocycles. The van der Waals surface area contributed by atoms with Crippen LogP contribution in [0.25, 0.3) is 5.69 Å². The van der Waals surface area contributed by atoms with Crippen LogP contribution >= 0.6 is 35.0 Å². The van der Waals surface area contributed by atoms with Crippen molar-refractivity contribution in [3.05, 3.63) is 76.3 Å². The maximum absolute atomic E-state index is 13.0. The molecule has 2 aromatic carbocycles. The van der Waals surface area contributed by atoms with Crippen LogP contribution in [0.4, 0.5) is 0 Å². The van der Waals surface area contributed by atoms with Gasteiger partial charge >= 0.3 is 0 Å². The van der Waals surface area contributed by atoms with E-state index in [9.17, 15) is 9.59 Å². The van der Waals surface area contributed by atoms with Crippen LogP contribution in [0, 0.1) is 0 Å². The second-order valence-corrected chi connectivity index (χ2v) is 8.92. The molecular weight excluding hydrogens is 469 g/mol. The number of halogens is 2. The first-order valence-corrected chi connectivity index (χ1v) is 12.0. The monoisotopic (exact) mass is 491 g/mol. The molecule has 1 heterocycles. The van der Waals surface area contributed by atoms with Gasteiger partial charge in [-0.1, -0.05) is 35.3 Å². The van der Waals surface area contributed by atoms with Crippen LogP contribution in [0.3, 0.4) is 0 Å². The maximum atomic E-state index is 13.0. The molecule has 0 aliphatic carbocycles. The molecule has 2 unspecified atom stereocenters. The van der Waals surface area contributed by atoms with Gasteiger partial charge in [-0.25, -0.2) is 9.67 Å². The summed E-state index contributed by atoms with van der Waals surface area (Å²) < 4.78 is 1.66. The summed E-state index contributed by atoms with van der Waals surface area (Å²) in [6.07, 6.45) is 5.53. The predicted octanol–water partition coefficient (Wildman–Crippen LogP) is 4.30. The van der Waals surface area contributed by atoms with E-state index in [1.54, 1.807) is 34.9 Å². The molecule has 0 aliphatic rings. The van der Waals surface area contributed by atoms with E-state index in [4.69, 9.17) is 23.2 Å². The van der Waals surface area contributed by atoms with Crippen molar-refractivity contribution in [1.82, 2.24) is 25.4 Å².